The van der Waals surface area contributed by atoms with Crippen LogP contribution in [0.1, 0.15) is 34.0 Å². The number of nitrogens with one attached hydrogen (secondary N) is 3. The zero-order chi connectivity index (χ0) is 22.6. The van der Waals surface area contributed by atoms with Crippen molar-refractivity contribution in [2.24, 2.45) is 0 Å². The first kappa shape index (κ1) is 24.1. The first-order valence-electron chi connectivity index (χ1n) is 9.78. The van der Waals surface area contributed by atoms with Gasteiger partial charge < -0.3 is 20.5 Å². The van der Waals surface area contributed by atoms with Gasteiger partial charge in [-0.05, 0) is 48.9 Å². The molecule has 0 bridgehead atoms. The molecule has 2 aromatic rings. The maximum Gasteiger partial charge on any atom is 0.268 e. The maximum atomic E-state index is 12.3. The average Bonchev–Trinajstić information content (AvgIpc) is 2.79. The van der Waals surface area contributed by atoms with Gasteiger partial charge in [0.15, 0.2) is 0 Å². The molecule has 0 heterocycles. The van der Waals surface area contributed by atoms with Crippen LogP contribution in [-0.2, 0) is 16.1 Å². The molecular weight excluding hydrogens is 398 g/mol. The monoisotopic (exact) mass is 425 g/mol. The molecule has 0 radical (unpaired) electrons. The Morgan fingerprint density at radius 3 is 2.13 bits per heavy atom. The molecule has 0 aromatic heterocycles. The lowest BCUT2D eigenvalue weighted by atomic mass is 10.1. The first-order chi connectivity index (χ1) is 14.9. The van der Waals surface area contributed by atoms with E-state index >= 15 is 0 Å². The van der Waals surface area contributed by atoms with Gasteiger partial charge in [0.25, 0.3) is 11.8 Å². The Kier molecular flexibility index (Phi) is 9.68. The van der Waals surface area contributed by atoms with Gasteiger partial charge in [0, 0.05) is 36.9 Å². The first-order valence-corrected chi connectivity index (χ1v) is 9.78. The minimum absolute atomic E-state index is 0.298. The van der Waals surface area contributed by atoms with Crippen molar-refractivity contribution in [2.45, 2.75) is 25.6 Å². The third kappa shape index (κ3) is 7.85. The van der Waals surface area contributed by atoms with E-state index in [-0.39, 0.29) is 0 Å². The van der Waals surface area contributed by atoms with E-state index in [4.69, 9.17) is 9.94 Å². The highest BCUT2D eigenvalue weighted by Crippen LogP contribution is 2.07. The van der Waals surface area contributed by atoms with E-state index in [1.807, 2.05) is 24.3 Å². The average molecular weight is 425 g/mol. The van der Waals surface area contributed by atoms with Crippen LogP contribution in [0.3, 0.4) is 0 Å². The Hall–Kier alpha value is -3.22. The summed E-state index contributed by atoms with van der Waals surface area (Å²) in [5.74, 6) is 4.67. The molecule has 2 amide bonds. The summed E-state index contributed by atoms with van der Waals surface area (Å²) in [5.41, 5.74) is 4.47. The number of amides is 2. The summed E-state index contributed by atoms with van der Waals surface area (Å²) in [6, 6.07) is 13.2. The number of hydrogen-bond acceptors (Lipinski definition) is 6. The van der Waals surface area contributed by atoms with Crippen molar-refractivity contribution in [2.75, 3.05) is 20.3 Å². The van der Waals surface area contributed by atoms with Gasteiger partial charge in [-0.2, -0.15) is 0 Å². The number of carbonyl (C=O) groups is 2. The van der Waals surface area contributed by atoms with Crippen molar-refractivity contribution in [1.29, 1.82) is 0 Å². The van der Waals surface area contributed by atoms with E-state index in [0.29, 0.717) is 12.2 Å². The van der Waals surface area contributed by atoms with Crippen molar-refractivity contribution in [3.63, 3.8) is 0 Å². The van der Waals surface area contributed by atoms with Gasteiger partial charge in [0.1, 0.15) is 6.04 Å². The number of aliphatic hydroxyl groups is 1. The van der Waals surface area contributed by atoms with Crippen molar-refractivity contribution in [3.05, 3.63) is 70.8 Å². The number of aliphatic hydroxyl groups excluding tert-OH is 1. The fourth-order valence-electron chi connectivity index (χ4n) is 2.66. The fourth-order valence-corrected chi connectivity index (χ4v) is 2.66. The van der Waals surface area contributed by atoms with Gasteiger partial charge in [0.05, 0.1) is 12.7 Å². The van der Waals surface area contributed by atoms with Crippen molar-refractivity contribution < 1.29 is 24.6 Å². The number of benzene rings is 2. The molecule has 8 heteroatoms. The van der Waals surface area contributed by atoms with E-state index in [1.54, 1.807) is 31.4 Å². The lowest BCUT2D eigenvalue weighted by molar-refractivity contribution is -0.133. The molecule has 2 atom stereocenters. The number of methoxy groups -OCH3 is 1. The maximum absolute atomic E-state index is 12.3. The smallest absolute Gasteiger partial charge is 0.268 e. The van der Waals surface area contributed by atoms with Crippen LogP contribution in [0.5, 0.6) is 0 Å². The molecular formula is C23H27N3O5. The summed E-state index contributed by atoms with van der Waals surface area (Å²) in [7, 11) is 1.67. The molecule has 2 rings (SSSR count). The van der Waals surface area contributed by atoms with E-state index in [2.05, 4.69) is 22.5 Å². The molecule has 0 aliphatic heterocycles. The lowest BCUT2D eigenvalue weighted by Gasteiger charge is -2.19. The highest BCUT2D eigenvalue weighted by Gasteiger charge is 2.25. The van der Waals surface area contributed by atoms with E-state index in [1.165, 1.54) is 12.4 Å². The molecule has 164 valence electrons. The molecule has 0 aliphatic rings. The second kappa shape index (κ2) is 12.5. The molecule has 0 saturated carbocycles. The zero-order valence-corrected chi connectivity index (χ0v) is 17.5. The van der Waals surface area contributed by atoms with Gasteiger partial charge in [0.2, 0.25) is 0 Å². The summed E-state index contributed by atoms with van der Waals surface area (Å²) in [4.78, 5) is 23.8. The van der Waals surface area contributed by atoms with Gasteiger partial charge >= 0.3 is 0 Å². The van der Waals surface area contributed by atoms with Crippen LogP contribution in [0.2, 0.25) is 0 Å². The van der Waals surface area contributed by atoms with E-state index in [9.17, 15) is 14.7 Å². The van der Waals surface area contributed by atoms with Crippen LogP contribution >= 0.6 is 0 Å². The number of hydrogen-bond donors (Lipinski definition) is 5. The Bertz CT molecular complexity index is 915. The second-order valence-corrected chi connectivity index (χ2v) is 6.86. The second-order valence-electron chi connectivity index (χ2n) is 6.86. The molecule has 31 heavy (non-hydrogen) atoms. The largest absolute Gasteiger partial charge is 0.391 e. The molecule has 2 unspecified atom stereocenters. The Morgan fingerprint density at radius 2 is 1.61 bits per heavy atom. The summed E-state index contributed by atoms with van der Waals surface area (Å²) in [6.07, 6.45) is -1.17. The standard InChI is InChI=1S/C23H27N3O5/c1-16(27)21(23(29)26-30)25-22(28)20-11-9-18(10-12-20)4-3-17-5-7-19(8-6-17)15-24-13-14-31-2/h5-12,16,21,24,27,30H,13-15H2,1-2H3,(H,25,28)(H,26,29). The normalized spacial score (nSPS) is 12.3. The molecule has 5 N–H and O–H groups in total. The zero-order valence-electron chi connectivity index (χ0n) is 17.5. The van der Waals surface area contributed by atoms with Gasteiger partial charge in [-0.25, -0.2) is 5.48 Å². The Morgan fingerprint density at radius 1 is 1.03 bits per heavy atom. The minimum Gasteiger partial charge on any atom is -0.391 e. The van der Waals surface area contributed by atoms with Gasteiger partial charge in [-0.15, -0.1) is 0 Å². The SMILES string of the molecule is COCCNCc1ccc(C#Cc2ccc(C(=O)NC(C(=O)NO)C(C)O)cc2)cc1. The number of hydroxylamine groups is 1. The number of rotatable bonds is 9. The summed E-state index contributed by atoms with van der Waals surface area (Å²) in [6.45, 7) is 3.56. The van der Waals surface area contributed by atoms with Crippen LogP contribution in [-0.4, -0.2) is 54.5 Å². The molecule has 0 fully saturated rings. The summed E-state index contributed by atoms with van der Waals surface area (Å²) < 4.78 is 5.00. The number of carbonyl (C=O) groups excluding carboxylic acids is 2. The number of ether oxygens (including phenoxy) is 1. The molecule has 0 saturated heterocycles. The highest BCUT2D eigenvalue weighted by molar-refractivity contribution is 5.97. The molecule has 2 aromatic carbocycles. The molecule has 0 spiro atoms. The van der Waals surface area contributed by atoms with Crippen LogP contribution in [0.15, 0.2) is 48.5 Å². The third-order valence-corrected chi connectivity index (χ3v) is 4.43. The minimum atomic E-state index is -1.27. The van der Waals surface area contributed by atoms with Crippen molar-refractivity contribution >= 4 is 11.8 Å². The Balaban J connectivity index is 1.96. The quantitative estimate of drug-likeness (QED) is 0.176. The summed E-state index contributed by atoms with van der Waals surface area (Å²) >= 11 is 0. The van der Waals surface area contributed by atoms with Crippen LogP contribution in [0.25, 0.3) is 0 Å². The topological polar surface area (TPSA) is 120 Å². The van der Waals surface area contributed by atoms with Crippen LogP contribution < -0.4 is 16.1 Å². The fraction of sp³-hybridized carbons (Fsp3) is 0.304. The van der Waals surface area contributed by atoms with E-state index in [0.717, 1.165) is 29.8 Å². The third-order valence-electron chi connectivity index (χ3n) is 4.43. The predicted molar refractivity (Wildman–Crippen MR) is 115 cm³/mol. The summed E-state index contributed by atoms with van der Waals surface area (Å²) in [5, 5.41) is 24.0. The molecule has 0 aliphatic carbocycles. The van der Waals surface area contributed by atoms with Crippen LogP contribution in [0.4, 0.5) is 0 Å². The van der Waals surface area contributed by atoms with Gasteiger partial charge in [-0.1, -0.05) is 24.0 Å². The van der Waals surface area contributed by atoms with Crippen molar-refractivity contribution in [1.82, 2.24) is 16.1 Å². The predicted octanol–water partition coefficient (Wildman–Crippen LogP) is 0.807. The highest BCUT2D eigenvalue weighted by atomic mass is 16.5. The van der Waals surface area contributed by atoms with Crippen LogP contribution in [0, 0.1) is 11.8 Å². The lowest BCUT2D eigenvalue weighted by Crippen LogP contribution is -2.51. The van der Waals surface area contributed by atoms with E-state index < -0.39 is 24.0 Å². The molecule has 8 nitrogen and oxygen atoms in total. The Labute approximate surface area is 181 Å². The van der Waals surface area contributed by atoms with Gasteiger partial charge in [-0.3, -0.25) is 14.8 Å². The van der Waals surface area contributed by atoms with Crippen molar-refractivity contribution in [3.8, 4) is 11.8 Å².